The zero-order chi connectivity index (χ0) is 12.1. The molecule has 1 aromatic rings. The molecule has 0 fully saturated rings. The van der Waals surface area contributed by atoms with Crippen molar-refractivity contribution in [1.82, 2.24) is 4.90 Å². The molecule has 0 heterocycles. The van der Waals surface area contributed by atoms with E-state index in [1.165, 1.54) is 6.92 Å². The highest BCUT2D eigenvalue weighted by atomic mass is 16.4. The summed E-state index contributed by atoms with van der Waals surface area (Å²) >= 11 is 0. The summed E-state index contributed by atoms with van der Waals surface area (Å²) in [6.07, 6.45) is 0.664. The van der Waals surface area contributed by atoms with Crippen LogP contribution in [0.3, 0.4) is 0 Å². The minimum atomic E-state index is -0.929. The van der Waals surface area contributed by atoms with Gasteiger partial charge < -0.3 is 10.0 Å². The van der Waals surface area contributed by atoms with Gasteiger partial charge in [0.15, 0.2) is 0 Å². The van der Waals surface area contributed by atoms with Gasteiger partial charge in [-0.15, -0.1) is 0 Å². The third-order valence-electron chi connectivity index (χ3n) is 2.45. The Kier molecular flexibility index (Phi) is 4.05. The Bertz CT molecular complexity index is 401. The molecular weight excluding hydrogens is 206 g/mol. The number of nitrogens with zero attached hydrogens (tertiary/aromatic N) is 1. The molecule has 0 saturated heterocycles. The smallest absolute Gasteiger partial charge is 0.335 e. The molecule has 0 aliphatic heterocycles. The van der Waals surface area contributed by atoms with Gasteiger partial charge in [0.05, 0.1) is 5.56 Å². The Hall–Kier alpha value is -1.84. The Balaban J connectivity index is 2.64. The fraction of sp³-hybridized carbons (Fsp3) is 0.333. The van der Waals surface area contributed by atoms with Gasteiger partial charge in [-0.3, -0.25) is 4.79 Å². The highest BCUT2D eigenvalue weighted by Gasteiger charge is 2.05. The third-order valence-corrected chi connectivity index (χ3v) is 2.45. The van der Waals surface area contributed by atoms with Crippen LogP contribution in [0.15, 0.2) is 24.3 Å². The molecule has 0 spiro atoms. The average Bonchev–Trinajstić information content (AvgIpc) is 2.26. The lowest BCUT2D eigenvalue weighted by atomic mass is 10.1. The third kappa shape index (κ3) is 3.38. The Morgan fingerprint density at radius 3 is 2.62 bits per heavy atom. The largest absolute Gasteiger partial charge is 0.478 e. The highest BCUT2D eigenvalue weighted by Crippen LogP contribution is 2.06. The molecule has 1 rings (SSSR count). The normalized spacial score (nSPS) is 9.88. The first-order chi connectivity index (χ1) is 7.50. The number of carboxylic acid groups (broad SMARTS) is 1. The molecule has 1 amide bonds. The van der Waals surface area contributed by atoms with Crippen molar-refractivity contribution in [2.75, 3.05) is 13.6 Å². The van der Waals surface area contributed by atoms with Gasteiger partial charge in [0.2, 0.25) is 5.91 Å². The molecule has 1 aromatic carbocycles. The van der Waals surface area contributed by atoms with E-state index < -0.39 is 5.97 Å². The molecule has 0 aromatic heterocycles. The molecule has 0 aliphatic rings. The van der Waals surface area contributed by atoms with Crippen molar-refractivity contribution >= 4 is 11.9 Å². The van der Waals surface area contributed by atoms with E-state index in [2.05, 4.69) is 0 Å². The number of benzene rings is 1. The number of rotatable bonds is 4. The highest BCUT2D eigenvalue weighted by molar-refractivity contribution is 5.87. The molecule has 4 heteroatoms. The van der Waals surface area contributed by atoms with Crippen LogP contribution in [0, 0.1) is 0 Å². The van der Waals surface area contributed by atoms with Crippen LogP contribution in [0.25, 0.3) is 0 Å². The second kappa shape index (κ2) is 5.30. The van der Waals surface area contributed by atoms with E-state index in [1.54, 1.807) is 30.1 Å². The Morgan fingerprint density at radius 2 is 2.06 bits per heavy atom. The molecule has 16 heavy (non-hydrogen) atoms. The summed E-state index contributed by atoms with van der Waals surface area (Å²) < 4.78 is 0. The summed E-state index contributed by atoms with van der Waals surface area (Å²) in [5, 5.41) is 8.81. The minimum absolute atomic E-state index is 0.00869. The molecule has 86 valence electrons. The zero-order valence-electron chi connectivity index (χ0n) is 9.43. The van der Waals surface area contributed by atoms with Gasteiger partial charge >= 0.3 is 5.97 Å². The molecule has 1 N–H and O–H groups in total. The van der Waals surface area contributed by atoms with Gasteiger partial charge in [-0.2, -0.15) is 0 Å². The van der Waals surface area contributed by atoms with Crippen molar-refractivity contribution in [3.05, 3.63) is 35.4 Å². The Labute approximate surface area is 94.5 Å². The standard InChI is InChI=1S/C12H15NO3/c1-9(14)13(2)7-6-10-4-3-5-11(8-10)12(15)16/h3-5,8H,6-7H2,1-2H3,(H,15,16). The predicted molar refractivity (Wildman–Crippen MR) is 60.4 cm³/mol. The molecule has 0 bridgehead atoms. The first-order valence-electron chi connectivity index (χ1n) is 5.04. The van der Waals surface area contributed by atoms with E-state index >= 15 is 0 Å². The van der Waals surface area contributed by atoms with Crippen molar-refractivity contribution in [2.24, 2.45) is 0 Å². The zero-order valence-corrected chi connectivity index (χ0v) is 9.43. The topological polar surface area (TPSA) is 57.6 Å². The van der Waals surface area contributed by atoms with Gasteiger partial charge in [-0.05, 0) is 24.1 Å². The fourth-order valence-corrected chi connectivity index (χ4v) is 1.31. The SMILES string of the molecule is CC(=O)N(C)CCc1cccc(C(=O)O)c1. The molecule has 0 saturated carbocycles. The lowest BCUT2D eigenvalue weighted by Crippen LogP contribution is -2.26. The van der Waals surface area contributed by atoms with Gasteiger partial charge in [0.25, 0.3) is 0 Å². The maximum absolute atomic E-state index is 11.0. The number of amides is 1. The maximum Gasteiger partial charge on any atom is 0.335 e. The summed E-state index contributed by atoms with van der Waals surface area (Å²) in [6, 6.07) is 6.77. The van der Waals surface area contributed by atoms with Crippen LogP contribution in [0.4, 0.5) is 0 Å². The van der Waals surface area contributed by atoms with Crippen molar-refractivity contribution in [3.63, 3.8) is 0 Å². The van der Waals surface area contributed by atoms with E-state index in [9.17, 15) is 9.59 Å². The monoisotopic (exact) mass is 221 g/mol. The molecular formula is C12H15NO3. The number of carbonyl (C=O) groups excluding carboxylic acids is 1. The molecule has 0 unspecified atom stereocenters. The van der Waals surface area contributed by atoms with Crippen LogP contribution in [0.5, 0.6) is 0 Å². The van der Waals surface area contributed by atoms with Crippen LogP contribution in [-0.2, 0) is 11.2 Å². The second-order valence-corrected chi connectivity index (χ2v) is 3.70. The van der Waals surface area contributed by atoms with Gasteiger partial charge in [0.1, 0.15) is 0 Å². The Morgan fingerprint density at radius 1 is 1.38 bits per heavy atom. The van der Waals surface area contributed by atoms with E-state index in [4.69, 9.17) is 5.11 Å². The number of carboxylic acids is 1. The lowest BCUT2D eigenvalue weighted by molar-refractivity contribution is -0.127. The first-order valence-corrected chi connectivity index (χ1v) is 5.04. The van der Waals surface area contributed by atoms with Crippen molar-refractivity contribution in [2.45, 2.75) is 13.3 Å². The minimum Gasteiger partial charge on any atom is -0.478 e. The molecule has 0 radical (unpaired) electrons. The maximum atomic E-state index is 11.0. The quantitative estimate of drug-likeness (QED) is 0.836. The van der Waals surface area contributed by atoms with Crippen molar-refractivity contribution in [1.29, 1.82) is 0 Å². The molecule has 4 nitrogen and oxygen atoms in total. The van der Waals surface area contributed by atoms with Gasteiger partial charge in [-0.25, -0.2) is 4.79 Å². The van der Waals surface area contributed by atoms with Crippen LogP contribution in [-0.4, -0.2) is 35.5 Å². The van der Waals surface area contributed by atoms with Crippen LogP contribution < -0.4 is 0 Å². The predicted octanol–water partition coefficient (Wildman–Crippen LogP) is 1.41. The van der Waals surface area contributed by atoms with Gasteiger partial charge in [0, 0.05) is 20.5 Å². The summed E-state index contributed by atoms with van der Waals surface area (Å²) in [5.74, 6) is -0.920. The number of hydrogen-bond donors (Lipinski definition) is 1. The number of likely N-dealkylation sites (N-methyl/N-ethyl adjacent to an activating group) is 1. The number of aromatic carboxylic acids is 1. The van der Waals surface area contributed by atoms with Crippen molar-refractivity contribution in [3.8, 4) is 0 Å². The average molecular weight is 221 g/mol. The van der Waals surface area contributed by atoms with E-state index in [0.29, 0.717) is 13.0 Å². The molecule has 0 aliphatic carbocycles. The number of hydrogen-bond acceptors (Lipinski definition) is 2. The summed E-state index contributed by atoms with van der Waals surface area (Å²) in [5.41, 5.74) is 1.20. The number of carbonyl (C=O) groups is 2. The summed E-state index contributed by atoms with van der Waals surface area (Å²) in [6.45, 7) is 2.10. The van der Waals surface area contributed by atoms with Crippen LogP contribution in [0.2, 0.25) is 0 Å². The summed E-state index contributed by atoms with van der Waals surface area (Å²) in [4.78, 5) is 23.3. The van der Waals surface area contributed by atoms with Gasteiger partial charge in [-0.1, -0.05) is 12.1 Å². The van der Waals surface area contributed by atoms with E-state index in [0.717, 1.165) is 5.56 Å². The fourth-order valence-electron chi connectivity index (χ4n) is 1.31. The van der Waals surface area contributed by atoms with Crippen LogP contribution in [0.1, 0.15) is 22.8 Å². The van der Waals surface area contributed by atoms with Crippen molar-refractivity contribution < 1.29 is 14.7 Å². The summed E-state index contributed by atoms with van der Waals surface area (Å²) in [7, 11) is 1.73. The lowest BCUT2D eigenvalue weighted by Gasteiger charge is -2.14. The first kappa shape index (κ1) is 12.2. The van der Waals surface area contributed by atoms with E-state index in [-0.39, 0.29) is 11.5 Å². The van der Waals surface area contributed by atoms with E-state index in [1.807, 2.05) is 6.07 Å². The second-order valence-electron chi connectivity index (χ2n) is 3.70. The van der Waals surface area contributed by atoms with Crippen LogP contribution >= 0.6 is 0 Å². The molecule has 0 atom stereocenters.